The van der Waals surface area contributed by atoms with E-state index in [0.717, 1.165) is 0 Å². The van der Waals surface area contributed by atoms with E-state index in [-0.39, 0.29) is 11.4 Å². The third-order valence-electron chi connectivity index (χ3n) is 2.01. The maximum atomic E-state index is 11.8. The van der Waals surface area contributed by atoms with Gasteiger partial charge in [-0.1, -0.05) is 0 Å². The number of H-pyrrole nitrogens is 1. The van der Waals surface area contributed by atoms with Crippen LogP contribution in [-0.4, -0.2) is 39.3 Å². The summed E-state index contributed by atoms with van der Waals surface area (Å²) in [4.78, 5) is 0.0342. The van der Waals surface area contributed by atoms with Crippen molar-refractivity contribution in [1.29, 1.82) is 0 Å². The predicted octanol–water partition coefficient (Wildman–Crippen LogP) is -1.41. The molecule has 0 unspecified atom stereocenters. The van der Waals surface area contributed by atoms with Crippen LogP contribution in [0.4, 0.5) is 0 Å². The van der Waals surface area contributed by atoms with E-state index in [2.05, 4.69) is 14.9 Å². The monoisotopic (exact) mass is 282 g/mol. The molecule has 17 heavy (non-hydrogen) atoms. The van der Waals surface area contributed by atoms with Gasteiger partial charge in [0.1, 0.15) is 4.90 Å². The summed E-state index contributed by atoms with van der Waals surface area (Å²) in [6.07, 6.45) is 0. The molecule has 4 N–H and O–H groups in total. The van der Waals surface area contributed by atoms with Crippen molar-refractivity contribution in [3.8, 4) is 0 Å². The van der Waals surface area contributed by atoms with Crippen molar-refractivity contribution < 1.29 is 16.8 Å². The number of hydrogen-bond donors (Lipinski definition) is 3. The van der Waals surface area contributed by atoms with Gasteiger partial charge in [0.2, 0.25) is 20.0 Å². The molecule has 0 saturated carbocycles. The second-order valence-corrected chi connectivity index (χ2v) is 6.97. The fourth-order valence-corrected chi connectivity index (χ4v) is 3.24. The zero-order valence-electron chi connectivity index (χ0n) is 9.39. The lowest BCUT2D eigenvalue weighted by molar-refractivity contribution is 0.580. The summed E-state index contributed by atoms with van der Waals surface area (Å²) in [6.45, 7) is 2.83. The molecule has 1 heterocycles. The van der Waals surface area contributed by atoms with Crippen LogP contribution in [-0.2, 0) is 20.0 Å². The molecule has 0 fully saturated rings. The number of aromatic nitrogens is 2. The molecular formula is C7H14N4O4S2. The summed E-state index contributed by atoms with van der Waals surface area (Å²) in [7, 11) is -7.45. The smallest absolute Gasteiger partial charge is 0.244 e. The van der Waals surface area contributed by atoms with Crippen LogP contribution in [0.3, 0.4) is 0 Å². The van der Waals surface area contributed by atoms with Gasteiger partial charge >= 0.3 is 0 Å². The zero-order chi connectivity index (χ0) is 13.3. The summed E-state index contributed by atoms with van der Waals surface area (Å²) in [5, 5.41) is 11.1. The number of rotatable bonds is 5. The molecule has 0 bridgehead atoms. The number of aryl methyl sites for hydroxylation is 2. The second-order valence-electron chi connectivity index (χ2n) is 3.53. The van der Waals surface area contributed by atoms with Gasteiger partial charge < -0.3 is 0 Å². The quantitative estimate of drug-likeness (QED) is 0.610. The van der Waals surface area contributed by atoms with Crippen LogP contribution in [0.5, 0.6) is 0 Å². The highest BCUT2D eigenvalue weighted by atomic mass is 32.2. The summed E-state index contributed by atoms with van der Waals surface area (Å²) >= 11 is 0. The van der Waals surface area contributed by atoms with Gasteiger partial charge in [-0.05, 0) is 13.8 Å². The molecule has 0 aromatic carbocycles. The fourth-order valence-electron chi connectivity index (χ4n) is 1.33. The first-order valence-corrected chi connectivity index (χ1v) is 7.85. The van der Waals surface area contributed by atoms with Crippen molar-refractivity contribution in [2.45, 2.75) is 18.7 Å². The number of primary sulfonamides is 1. The van der Waals surface area contributed by atoms with E-state index in [4.69, 9.17) is 5.14 Å². The lowest BCUT2D eigenvalue weighted by Crippen LogP contribution is -2.32. The Labute approximate surface area is 99.7 Å². The molecular weight excluding hydrogens is 268 g/mol. The molecule has 0 spiro atoms. The standard InChI is InChI=1S/C7H14N4O4S2/c1-5-7(6(2)11-10-5)17(14,15)9-3-4-16(8,12)13/h9H,3-4H2,1-2H3,(H,10,11)(H2,8,12,13). The Morgan fingerprint density at radius 1 is 1.29 bits per heavy atom. The number of hydrogen-bond acceptors (Lipinski definition) is 5. The second kappa shape index (κ2) is 4.72. The van der Waals surface area contributed by atoms with Crippen LogP contribution in [0.15, 0.2) is 4.90 Å². The first-order valence-electron chi connectivity index (χ1n) is 4.65. The van der Waals surface area contributed by atoms with Crippen molar-refractivity contribution in [3.05, 3.63) is 11.4 Å². The summed E-state index contributed by atoms with van der Waals surface area (Å²) in [5.41, 5.74) is 0.719. The average molecular weight is 282 g/mol. The van der Waals surface area contributed by atoms with E-state index >= 15 is 0 Å². The minimum absolute atomic E-state index is 0.0342. The molecule has 0 aliphatic rings. The van der Waals surface area contributed by atoms with Crippen molar-refractivity contribution in [2.75, 3.05) is 12.3 Å². The van der Waals surface area contributed by atoms with Gasteiger partial charge in [-0.15, -0.1) is 0 Å². The minimum atomic E-state index is -3.76. The predicted molar refractivity (Wildman–Crippen MR) is 61.2 cm³/mol. The largest absolute Gasteiger partial charge is 0.281 e. The van der Waals surface area contributed by atoms with Gasteiger partial charge in [0.15, 0.2) is 0 Å². The van der Waals surface area contributed by atoms with E-state index in [1.54, 1.807) is 6.92 Å². The lowest BCUT2D eigenvalue weighted by Gasteiger charge is -2.05. The van der Waals surface area contributed by atoms with Crippen LogP contribution in [0, 0.1) is 13.8 Å². The molecule has 1 rings (SSSR count). The van der Waals surface area contributed by atoms with Crippen LogP contribution >= 0.6 is 0 Å². The Hall–Kier alpha value is -0.970. The van der Waals surface area contributed by atoms with Gasteiger partial charge in [-0.2, -0.15) is 5.10 Å². The molecule has 0 aliphatic heterocycles. The van der Waals surface area contributed by atoms with E-state index in [1.807, 2.05) is 0 Å². The minimum Gasteiger partial charge on any atom is -0.281 e. The molecule has 0 saturated heterocycles. The Kier molecular flexibility index (Phi) is 3.91. The van der Waals surface area contributed by atoms with Crippen molar-refractivity contribution in [2.24, 2.45) is 5.14 Å². The van der Waals surface area contributed by atoms with Gasteiger partial charge in [0.25, 0.3) is 0 Å². The highest BCUT2D eigenvalue weighted by Gasteiger charge is 2.22. The first kappa shape index (κ1) is 14.1. The Balaban J connectivity index is 2.84. The average Bonchev–Trinajstić information content (AvgIpc) is 2.43. The maximum Gasteiger partial charge on any atom is 0.244 e. The van der Waals surface area contributed by atoms with E-state index in [9.17, 15) is 16.8 Å². The van der Waals surface area contributed by atoms with Crippen LogP contribution < -0.4 is 9.86 Å². The molecule has 10 heteroatoms. The van der Waals surface area contributed by atoms with Crippen molar-refractivity contribution >= 4 is 20.0 Å². The zero-order valence-corrected chi connectivity index (χ0v) is 11.0. The summed E-state index contributed by atoms with van der Waals surface area (Å²) in [6, 6.07) is 0. The van der Waals surface area contributed by atoms with Gasteiger partial charge in [-0.25, -0.2) is 26.7 Å². The Morgan fingerprint density at radius 3 is 2.29 bits per heavy atom. The maximum absolute atomic E-state index is 11.8. The van der Waals surface area contributed by atoms with Crippen LogP contribution in [0.25, 0.3) is 0 Å². The number of aromatic amines is 1. The third-order valence-corrected chi connectivity index (χ3v) is 4.50. The highest BCUT2D eigenvalue weighted by molar-refractivity contribution is 7.90. The SMILES string of the molecule is Cc1n[nH]c(C)c1S(=O)(=O)NCCS(N)(=O)=O. The van der Waals surface area contributed by atoms with Gasteiger partial charge in [0.05, 0.1) is 17.1 Å². The fraction of sp³-hybridized carbons (Fsp3) is 0.571. The molecule has 1 aromatic rings. The van der Waals surface area contributed by atoms with E-state index in [1.165, 1.54) is 6.92 Å². The number of nitrogens with zero attached hydrogens (tertiary/aromatic N) is 1. The van der Waals surface area contributed by atoms with Crippen LogP contribution in [0.1, 0.15) is 11.4 Å². The van der Waals surface area contributed by atoms with Crippen molar-refractivity contribution in [3.63, 3.8) is 0 Å². The number of nitrogens with one attached hydrogen (secondary N) is 2. The number of sulfonamides is 2. The topological polar surface area (TPSA) is 135 Å². The third kappa shape index (κ3) is 3.77. The lowest BCUT2D eigenvalue weighted by atomic mass is 10.4. The highest BCUT2D eigenvalue weighted by Crippen LogP contribution is 2.15. The normalized spacial score (nSPS) is 12.9. The summed E-state index contributed by atoms with van der Waals surface area (Å²) < 4.78 is 47.1. The number of nitrogens with two attached hydrogens (primary N) is 1. The molecule has 0 amide bonds. The summed E-state index contributed by atoms with van der Waals surface area (Å²) in [5.74, 6) is -0.456. The Bertz CT molecular complexity index is 582. The molecule has 1 aromatic heterocycles. The molecule has 0 aliphatic carbocycles. The van der Waals surface area contributed by atoms with Gasteiger partial charge in [-0.3, -0.25) is 5.10 Å². The Morgan fingerprint density at radius 2 is 1.88 bits per heavy atom. The van der Waals surface area contributed by atoms with Crippen LogP contribution in [0.2, 0.25) is 0 Å². The van der Waals surface area contributed by atoms with Gasteiger partial charge in [0, 0.05) is 6.54 Å². The first-order chi connectivity index (χ1) is 7.63. The van der Waals surface area contributed by atoms with Crippen molar-refractivity contribution in [1.82, 2.24) is 14.9 Å². The molecule has 0 atom stereocenters. The molecule has 98 valence electrons. The van der Waals surface area contributed by atoms with E-state index < -0.39 is 25.8 Å². The molecule has 0 radical (unpaired) electrons. The molecule has 8 nitrogen and oxygen atoms in total. The van der Waals surface area contributed by atoms with E-state index in [0.29, 0.717) is 11.4 Å².